The largest absolute Gasteiger partial charge is 0.379 e. The highest BCUT2D eigenvalue weighted by Gasteiger charge is 2.48. The smallest absolute Gasteiger partial charge is 0.233 e. The lowest BCUT2D eigenvalue weighted by atomic mass is 9.77. The molecule has 43 heavy (non-hydrogen) atoms. The van der Waals surface area contributed by atoms with Crippen molar-refractivity contribution in [2.45, 2.75) is 45.4 Å². The molecule has 1 aliphatic carbocycles. The van der Waals surface area contributed by atoms with Crippen LogP contribution in [-0.2, 0) is 44.7 Å². The van der Waals surface area contributed by atoms with Crippen molar-refractivity contribution in [1.29, 1.82) is 0 Å². The molecule has 3 atom stereocenters. The van der Waals surface area contributed by atoms with Crippen molar-refractivity contribution in [2.24, 2.45) is 17.8 Å². The molecule has 0 radical (unpaired) electrons. The van der Waals surface area contributed by atoms with E-state index in [1.54, 1.807) is 19.1 Å². The van der Waals surface area contributed by atoms with Crippen molar-refractivity contribution in [2.75, 3.05) is 51.4 Å². The number of nitrogens with one attached hydrogen (secondary N) is 2. The van der Waals surface area contributed by atoms with Gasteiger partial charge in [0, 0.05) is 50.5 Å². The summed E-state index contributed by atoms with van der Waals surface area (Å²) in [5.41, 5.74) is 1.59. The summed E-state index contributed by atoms with van der Waals surface area (Å²) in [6, 6.07) is 7.23. The van der Waals surface area contributed by atoms with Gasteiger partial charge in [-0.05, 0) is 36.5 Å². The number of hydrogen-bond donors (Lipinski definition) is 2. The molecule has 2 heterocycles. The first-order chi connectivity index (χ1) is 20.7. The zero-order valence-electron chi connectivity index (χ0n) is 24.5. The fourth-order valence-corrected chi connectivity index (χ4v) is 5.23. The maximum Gasteiger partial charge on any atom is 0.233 e. The Morgan fingerprint density at radius 2 is 1.63 bits per heavy atom. The van der Waals surface area contributed by atoms with Crippen LogP contribution in [0.5, 0.6) is 0 Å². The fraction of sp³-hybridized carbons (Fsp3) is 0.548. The van der Waals surface area contributed by atoms with Crippen molar-refractivity contribution in [3.63, 3.8) is 0 Å². The van der Waals surface area contributed by atoms with E-state index in [1.807, 2.05) is 24.3 Å². The molecule has 2 N–H and O–H groups in total. The van der Waals surface area contributed by atoms with Crippen LogP contribution in [0.3, 0.4) is 0 Å². The third kappa shape index (κ3) is 8.80. The molecule has 2 aliphatic heterocycles. The SMILES string of the molecule is CC1C(=O)N(CCC(=O)NCCOCCOCCC(=O)Nc2ccc(CCC(=O)N3CCC3=O)cc2)C(=O)C1C1C=CC1. The molecule has 1 aromatic rings. The van der Waals surface area contributed by atoms with E-state index >= 15 is 0 Å². The maximum atomic E-state index is 12.6. The number of hydrogen-bond acceptors (Lipinski definition) is 8. The monoisotopic (exact) mass is 596 g/mol. The Kier molecular flexibility index (Phi) is 11.6. The van der Waals surface area contributed by atoms with Crippen LogP contribution in [0, 0.1) is 17.8 Å². The number of imide groups is 2. The normalized spacial score (nSPS) is 21.0. The average molecular weight is 597 g/mol. The number of nitrogens with zero attached hydrogens (tertiary/aromatic N) is 2. The van der Waals surface area contributed by atoms with E-state index in [4.69, 9.17) is 9.47 Å². The number of amides is 6. The maximum absolute atomic E-state index is 12.6. The zero-order chi connectivity index (χ0) is 30.8. The minimum absolute atomic E-state index is 0.0514. The molecule has 0 bridgehead atoms. The van der Waals surface area contributed by atoms with Gasteiger partial charge in [-0.25, -0.2) is 0 Å². The Balaban J connectivity index is 0.975. The van der Waals surface area contributed by atoms with E-state index in [0.717, 1.165) is 12.0 Å². The van der Waals surface area contributed by atoms with Gasteiger partial charge in [0.1, 0.15) is 0 Å². The van der Waals surface area contributed by atoms with E-state index in [1.165, 1.54) is 9.80 Å². The Labute approximate surface area is 251 Å². The van der Waals surface area contributed by atoms with Crippen LogP contribution in [0.4, 0.5) is 5.69 Å². The Morgan fingerprint density at radius 1 is 0.907 bits per heavy atom. The summed E-state index contributed by atoms with van der Waals surface area (Å²) in [4.78, 5) is 75.2. The van der Waals surface area contributed by atoms with E-state index in [2.05, 4.69) is 10.6 Å². The van der Waals surface area contributed by atoms with Gasteiger partial charge in [-0.1, -0.05) is 31.2 Å². The second-order valence-electron chi connectivity index (χ2n) is 11.0. The molecule has 0 aromatic heterocycles. The molecule has 2 saturated heterocycles. The van der Waals surface area contributed by atoms with Gasteiger partial charge in [0.15, 0.2) is 0 Å². The van der Waals surface area contributed by atoms with Crippen LogP contribution in [0.1, 0.15) is 44.6 Å². The second kappa shape index (κ2) is 15.5. The summed E-state index contributed by atoms with van der Waals surface area (Å²) in [5.74, 6) is -1.65. The van der Waals surface area contributed by atoms with Gasteiger partial charge in [0.25, 0.3) is 0 Å². The van der Waals surface area contributed by atoms with Crippen LogP contribution in [-0.4, -0.2) is 91.3 Å². The highest BCUT2D eigenvalue weighted by Crippen LogP contribution is 2.38. The van der Waals surface area contributed by atoms with Crippen molar-refractivity contribution >= 4 is 41.1 Å². The van der Waals surface area contributed by atoms with Crippen LogP contribution in [0.2, 0.25) is 0 Å². The molecule has 12 nitrogen and oxygen atoms in total. The first-order valence-corrected chi connectivity index (χ1v) is 14.9. The summed E-state index contributed by atoms with van der Waals surface area (Å²) >= 11 is 0. The predicted octanol–water partition coefficient (Wildman–Crippen LogP) is 1.44. The number of β-lactam (4-membered cyclic amide) rings is 1. The van der Waals surface area contributed by atoms with E-state index in [9.17, 15) is 28.8 Å². The van der Waals surface area contributed by atoms with Gasteiger partial charge in [-0.15, -0.1) is 0 Å². The average Bonchev–Trinajstić information content (AvgIpc) is 3.15. The zero-order valence-corrected chi connectivity index (χ0v) is 24.5. The first kappa shape index (κ1) is 32.0. The van der Waals surface area contributed by atoms with Crippen LogP contribution >= 0.6 is 0 Å². The molecule has 1 aromatic carbocycles. The molecule has 232 valence electrons. The number of ether oxygens (including phenoxy) is 2. The van der Waals surface area contributed by atoms with Crippen LogP contribution in [0.15, 0.2) is 36.4 Å². The Hall–Kier alpha value is -3.90. The highest BCUT2D eigenvalue weighted by molar-refractivity contribution is 6.05. The lowest BCUT2D eigenvalue weighted by molar-refractivity contribution is -0.152. The molecule has 0 spiro atoms. The number of anilines is 1. The molecule has 4 rings (SSSR count). The quantitative estimate of drug-likeness (QED) is 0.119. The molecule has 12 heteroatoms. The van der Waals surface area contributed by atoms with E-state index < -0.39 is 0 Å². The topological polar surface area (TPSA) is 151 Å². The third-order valence-corrected chi connectivity index (χ3v) is 7.99. The number of carbonyl (C=O) groups excluding carboxylic acids is 6. The molecule has 0 saturated carbocycles. The molecule has 6 amide bonds. The molecule has 3 unspecified atom stereocenters. The first-order valence-electron chi connectivity index (χ1n) is 14.9. The van der Waals surface area contributed by atoms with Crippen molar-refractivity contribution in [3.8, 4) is 0 Å². The number of allylic oxidation sites excluding steroid dienone is 2. The second-order valence-corrected chi connectivity index (χ2v) is 11.0. The van der Waals surface area contributed by atoms with Crippen LogP contribution < -0.4 is 10.6 Å². The predicted molar refractivity (Wildman–Crippen MR) is 155 cm³/mol. The van der Waals surface area contributed by atoms with Crippen molar-refractivity contribution in [1.82, 2.24) is 15.1 Å². The molecule has 3 aliphatic rings. The Bertz CT molecular complexity index is 1230. The van der Waals surface area contributed by atoms with Gasteiger partial charge in [0.2, 0.25) is 35.4 Å². The number of rotatable bonds is 17. The molecular formula is C31H40N4O8. The van der Waals surface area contributed by atoms with Gasteiger partial charge >= 0.3 is 0 Å². The van der Waals surface area contributed by atoms with Gasteiger partial charge in [-0.2, -0.15) is 0 Å². The highest BCUT2D eigenvalue weighted by atomic mass is 16.5. The molecule has 2 fully saturated rings. The van der Waals surface area contributed by atoms with E-state index in [-0.39, 0.29) is 92.2 Å². The van der Waals surface area contributed by atoms with Crippen molar-refractivity contribution < 1.29 is 38.2 Å². The summed E-state index contributed by atoms with van der Waals surface area (Å²) in [6.07, 6.45) is 6.26. The summed E-state index contributed by atoms with van der Waals surface area (Å²) in [6.45, 7) is 3.78. The minimum atomic E-state index is -0.353. The Morgan fingerprint density at radius 3 is 2.26 bits per heavy atom. The van der Waals surface area contributed by atoms with Gasteiger partial charge in [-0.3, -0.25) is 38.6 Å². The summed E-state index contributed by atoms with van der Waals surface area (Å²) in [5, 5.41) is 5.52. The minimum Gasteiger partial charge on any atom is -0.379 e. The van der Waals surface area contributed by atoms with Crippen molar-refractivity contribution in [3.05, 3.63) is 42.0 Å². The molecular weight excluding hydrogens is 556 g/mol. The van der Waals surface area contributed by atoms with Gasteiger partial charge < -0.3 is 20.1 Å². The van der Waals surface area contributed by atoms with Crippen LogP contribution in [0.25, 0.3) is 0 Å². The number of likely N-dealkylation sites (tertiary alicyclic amines) is 2. The fourth-order valence-electron chi connectivity index (χ4n) is 5.23. The van der Waals surface area contributed by atoms with Gasteiger partial charge in [0.05, 0.1) is 38.8 Å². The lowest BCUT2D eigenvalue weighted by Gasteiger charge is -2.28. The lowest BCUT2D eigenvalue weighted by Crippen LogP contribution is -2.47. The number of benzene rings is 1. The third-order valence-electron chi connectivity index (χ3n) is 7.99. The summed E-state index contributed by atoms with van der Waals surface area (Å²) in [7, 11) is 0. The standard InChI is InChI=1S/C31H40N4O8/c1-21-29(23-3-2-4-23)31(41)35(30(21)40)15-11-25(36)32-14-18-43-20-19-42-17-13-26(37)33-24-8-5-22(6-9-24)7-10-27(38)34-16-12-28(34)39/h2-3,5-6,8-9,21,23,29H,4,7,10-20H2,1H3,(H,32,36)(H,33,37). The van der Waals surface area contributed by atoms with E-state index in [0.29, 0.717) is 44.8 Å². The number of aryl methyl sites for hydroxylation is 1. The summed E-state index contributed by atoms with van der Waals surface area (Å²) < 4.78 is 10.9. The number of carbonyl (C=O) groups is 6.